The molecule has 2 rings (SSSR count). The van der Waals surface area contributed by atoms with Crippen molar-refractivity contribution in [2.24, 2.45) is 17.1 Å². The van der Waals surface area contributed by atoms with Gasteiger partial charge in [-0.05, 0) is 43.6 Å². The largest absolute Gasteiger partial charge is 0.393 e. The van der Waals surface area contributed by atoms with Crippen molar-refractivity contribution in [2.45, 2.75) is 50.6 Å². The number of alkyl halides is 2. The summed E-state index contributed by atoms with van der Waals surface area (Å²) in [5.41, 5.74) is 5.70. The third kappa shape index (κ3) is 2.02. The molecule has 0 bridgehead atoms. The van der Waals surface area contributed by atoms with Gasteiger partial charge in [-0.1, -0.05) is 0 Å². The van der Waals surface area contributed by atoms with Crippen LogP contribution in [0.4, 0.5) is 8.78 Å². The van der Waals surface area contributed by atoms with Crippen LogP contribution in [0.2, 0.25) is 0 Å². The Kier molecular flexibility index (Phi) is 2.75. The summed E-state index contributed by atoms with van der Waals surface area (Å²) in [6.45, 7) is 0.528. The van der Waals surface area contributed by atoms with Crippen molar-refractivity contribution >= 4 is 0 Å². The third-order valence-corrected chi connectivity index (χ3v) is 4.27. The Labute approximate surface area is 88.8 Å². The Morgan fingerprint density at radius 3 is 2.13 bits per heavy atom. The summed E-state index contributed by atoms with van der Waals surface area (Å²) >= 11 is 0. The van der Waals surface area contributed by atoms with Crippen LogP contribution >= 0.6 is 0 Å². The van der Waals surface area contributed by atoms with Crippen molar-refractivity contribution < 1.29 is 13.9 Å². The van der Waals surface area contributed by atoms with Gasteiger partial charge in [-0.15, -0.1) is 0 Å². The minimum atomic E-state index is -2.46. The maximum Gasteiger partial charge on any atom is 0.248 e. The first-order valence-electron chi connectivity index (χ1n) is 5.73. The summed E-state index contributed by atoms with van der Waals surface area (Å²) in [6, 6.07) is 0. The average molecular weight is 219 g/mol. The van der Waals surface area contributed by atoms with E-state index in [9.17, 15) is 13.9 Å². The van der Waals surface area contributed by atoms with E-state index in [2.05, 4.69) is 0 Å². The zero-order valence-electron chi connectivity index (χ0n) is 8.88. The van der Waals surface area contributed by atoms with Gasteiger partial charge in [-0.2, -0.15) is 0 Å². The maximum absolute atomic E-state index is 13.0. The molecule has 0 amide bonds. The van der Waals surface area contributed by atoms with Crippen LogP contribution in [-0.2, 0) is 0 Å². The molecule has 3 N–H and O–H groups in total. The fourth-order valence-electron chi connectivity index (χ4n) is 3.20. The van der Waals surface area contributed by atoms with Gasteiger partial charge in [0.1, 0.15) is 0 Å². The van der Waals surface area contributed by atoms with Gasteiger partial charge in [0.2, 0.25) is 5.92 Å². The summed E-state index contributed by atoms with van der Waals surface area (Å²) in [6.07, 6.45) is 2.29. The Morgan fingerprint density at radius 1 is 1.20 bits per heavy atom. The number of hydrogen-bond acceptors (Lipinski definition) is 2. The highest BCUT2D eigenvalue weighted by Crippen LogP contribution is 2.53. The smallest absolute Gasteiger partial charge is 0.248 e. The van der Waals surface area contributed by atoms with E-state index in [1.807, 2.05) is 0 Å². The van der Waals surface area contributed by atoms with Crippen molar-refractivity contribution in [3.63, 3.8) is 0 Å². The van der Waals surface area contributed by atoms with E-state index in [1.165, 1.54) is 0 Å². The average Bonchev–Trinajstić information content (AvgIpc) is 2.13. The number of nitrogens with two attached hydrogens (primary N) is 1. The van der Waals surface area contributed by atoms with Gasteiger partial charge < -0.3 is 10.8 Å². The summed E-state index contributed by atoms with van der Waals surface area (Å²) < 4.78 is 26.0. The number of halogens is 2. The first-order valence-corrected chi connectivity index (χ1v) is 5.73. The molecule has 2 nitrogen and oxygen atoms in total. The predicted octanol–water partition coefficient (Wildman–Crippen LogP) is 1.91. The number of aliphatic hydroxyl groups excluding tert-OH is 1. The van der Waals surface area contributed by atoms with Crippen molar-refractivity contribution in [2.75, 3.05) is 6.54 Å². The van der Waals surface area contributed by atoms with Crippen molar-refractivity contribution in [3.05, 3.63) is 0 Å². The molecular formula is C11H19F2NO. The van der Waals surface area contributed by atoms with Crippen LogP contribution in [0.1, 0.15) is 38.5 Å². The molecule has 0 heterocycles. The van der Waals surface area contributed by atoms with E-state index in [-0.39, 0.29) is 24.4 Å². The summed E-state index contributed by atoms with van der Waals surface area (Å²) in [5, 5.41) is 9.34. The lowest BCUT2D eigenvalue weighted by molar-refractivity contribution is -0.110. The second kappa shape index (κ2) is 3.67. The molecule has 0 aliphatic heterocycles. The SMILES string of the molecule is NCC1(C2CCC(F)(F)CC2)CC(O)C1. The molecule has 2 aliphatic carbocycles. The number of rotatable bonds is 2. The minimum Gasteiger partial charge on any atom is -0.393 e. The van der Waals surface area contributed by atoms with Gasteiger partial charge in [-0.3, -0.25) is 0 Å². The Hall–Kier alpha value is -0.220. The topological polar surface area (TPSA) is 46.2 Å². The van der Waals surface area contributed by atoms with Crippen LogP contribution in [0.5, 0.6) is 0 Å². The molecule has 2 saturated carbocycles. The molecular weight excluding hydrogens is 200 g/mol. The number of aliphatic hydroxyl groups is 1. The molecule has 0 aromatic rings. The molecule has 88 valence electrons. The minimum absolute atomic E-state index is 0.00445. The van der Waals surface area contributed by atoms with Crippen LogP contribution in [-0.4, -0.2) is 23.7 Å². The monoisotopic (exact) mass is 219 g/mol. The molecule has 0 saturated heterocycles. The summed E-state index contributed by atoms with van der Waals surface area (Å²) in [5.74, 6) is -2.17. The van der Waals surface area contributed by atoms with E-state index in [0.29, 0.717) is 38.1 Å². The standard InChI is InChI=1S/C11H19F2NO/c12-11(13)3-1-8(2-4-11)10(7-14)5-9(15)6-10/h8-9,15H,1-7,14H2. The van der Waals surface area contributed by atoms with Gasteiger partial charge in [0.15, 0.2) is 0 Å². The van der Waals surface area contributed by atoms with Gasteiger partial charge in [0, 0.05) is 12.8 Å². The molecule has 0 unspecified atom stereocenters. The van der Waals surface area contributed by atoms with Gasteiger partial charge >= 0.3 is 0 Å². The molecule has 2 fully saturated rings. The lowest BCUT2D eigenvalue weighted by Crippen LogP contribution is -2.52. The van der Waals surface area contributed by atoms with Crippen molar-refractivity contribution in [3.8, 4) is 0 Å². The molecule has 0 aromatic heterocycles. The second-order valence-corrected chi connectivity index (χ2v) is 5.26. The molecule has 0 spiro atoms. The zero-order chi connectivity index (χ0) is 11.1. The van der Waals surface area contributed by atoms with Crippen LogP contribution in [0.25, 0.3) is 0 Å². The number of hydrogen-bond donors (Lipinski definition) is 2. The van der Waals surface area contributed by atoms with Gasteiger partial charge in [-0.25, -0.2) is 8.78 Å². The van der Waals surface area contributed by atoms with E-state index < -0.39 is 5.92 Å². The Morgan fingerprint density at radius 2 is 1.73 bits per heavy atom. The fraction of sp³-hybridized carbons (Fsp3) is 1.00. The highest BCUT2D eigenvalue weighted by atomic mass is 19.3. The molecule has 2 aliphatic rings. The first kappa shape index (κ1) is 11.3. The highest BCUT2D eigenvalue weighted by molar-refractivity contribution is 5.00. The highest BCUT2D eigenvalue weighted by Gasteiger charge is 2.50. The normalized spacial score (nSPS) is 41.2. The lowest BCUT2D eigenvalue weighted by Gasteiger charge is -2.52. The quantitative estimate of drug-likeness (QED) is 0.745. The van der Waals surface area contributed by atoms with Crippen LogP contribution in [0.3, 0.4) is 0 Å². The zero-order valence-corrected chi connectivity index (χ0v) is 8.88. The molecule has 0 aromatic carbocycles. The fourth-order valence-corrected chi connectivity index (χ4v) is 3.20. The third-order valence-electron chi connectivity index (χ3n) is 4.27. The van der Waals surface area contributed by atoms with E-state index in [1.54, 1.807) is 0 Å². The van der Waals surface area contributed by atoms with Gasteiger partial charge in [0.25, 0.3) is 0 Å². The van der Waals surface area contributed by atoms with Crippen molar-refractivity contribution in [1.82, 2.24) is 0 Å². The molecule has 15 heavy (non-hydrogen) atoms. The summed E-state index contributed by atoms with van der Waals surface area (Å²) in [4.78, 5) is 0. The Bertz CT molecular complexity index is 229. The molecule has 0 radical (unpaired) electrons. The van der Waals surface area contributed by atoms with Crippen LogP contribution in [0, 0.1) is 11.3 Å². The summed E-state index contributed by atoms with van der Waals surface area (Å²) in [7, 11) is 0. The van der Waals surface area contributed by atoms with E-state index in [4.69, 9.17) is 5.73 Å². The van der Waals surface area contributed by atoms with E-state index in [0.717, 1.165) is 0 Å². The molecule has 4 heteroatoms. The van der Waals surface area contributed by atoms with Crippen LogP contribution < -0.4 is 5.73 Å². The predicted molar refractivity (Wildman–Crippen MR) is 53.6 cm³/mol. The van der Waals surface area contributed by atoms with Crippen molar-refractivity contribution in [1.29, 1.82) is 0 Å². The molecule has 0 atom stereocenters. The van der Waals surface area contributed by atoms with Gasteiger partial charge in [0.05, 0.1) is 6.10 Å². The maximum atomic E-state index is 13.0. The van der Waals surface area contributed by atoms with E-state index >= 15 is 0 Å². The lowest BCUT2D eigenvalue weighted by atomic mass is 9.56. The van der Waals surface area contributed by atoms with Crippen LogP contribution in [0.15, 0.2) is 0 Å². The second-order valence-electron chi connectivity index (χ2n) is 5.26. The first-order chi connectivity index (χ1) is 6.97. The Balaban J connectivity index is 1.95.